The van der Waals surface area contributed by atoms with Crippen molar-refractivity contribution < 1.29 is 13.2 Å². The maximum Gasteiger partial charge on any atom is 0.256 e. The molecule has 0 aliphatic carbocycles. The number of rotatable bonds is 8. The van der Waals surface area contributed by atoms with Crippen molar-refractivity contribution in [2.45, 2.75) is 44.6 Å². The maximum atomic E-state index is 13.3. The summed E-state index contributed by atoms with van der Waals surface area (Å²) in [6.07, 6.45) is 3.69. The van der Waals surface area contributed by atoms with Gasteiger partial charge in [0.1, 0.15) is 0 Å². The number of carbonyl (C=O) groups excluding carboxylic acids is 1. The van der Waals surface area contributed by atoms with Crippen molar-refractivity contribution in [3.63, 3.8) is 0 Å². The number of nitrogens with zero attached hydrogens (tertiary/aromatic N) is 2. The average molecular weight is 497 g/mol. The molecular weight excluding hydrogens is 464 g/mol. The van der Waals surface area contributed by atoms with Crippen molar-refractivity contribution in [1.82, 2.24) is 14.2 Å². The second-order valence-electron chi connectivity index (χ2n) is 8.84. The van der Waals surface area contributed by atoms with Gasteiger partial charge < -0.3 is 10.3 Å². The predicted molar refractivity (Wildman–Crippen MR) is 138 cm³/mol. The number of nitrogens with one attached hydrogen (secondary N) is 2. The molecule has 0 spiro atoms. The highest BCUT2D eigenvalue weighted by Gasteiger charge is 2.23. The Balaban J connectivity index is 1.64. The first-order valence-electron chi connectivity index (χ1n) is 12.1. The molecule has 1 aliphatic rings. The molecule has 2 heterocycles. The number of H-pyrrole nitrogens is 1. The molecule has 0 radical (unpaired) electrons. The van der Waals surface area contributed by atoms with Crippen LogP contribution >= 0.6 is 0 Å². The molecule has 0 bridgehead atoms. The van der Waals surface area contributed by atoms with E-state index in [0.717, 1.165) is 25.2 Å². The summed E-state index contributed by atoms with van der Waals surface area (Å²) in [7, 11) is -3.72. The van der Waals surface area contributed by atoms with Crippen LogP contribution in [0.2, 0.25) is 0 Å². The van der Waals surface area contributed by atoms with Gasteiger partial charge in [-0.05, 0) is 61.8 Å². The van der Waals surface area contributed by atoms with E-state index >= 15 is 0 Å². The largest absolute Gasteiger partial charge is 0.322 e. The maximum absolute atomic E-state index is 13.3. The van der Waals surface area contributed by atoms with E-state index in [2.05, 4.69) is 15.2 Å². The molecule has 3 aromatic rings. The van der Waals surface area contributed by atoms with Gasteiger partial charge in [-0.1, -0.05) is 32.4 Å². The van der Waals surface area contributed by atoms with Crippen molar-refractivity contribution in [3.8, 4) is 0 Å². The van der Waals surface area contributed by atoms with Gasteiger partial charge in [-0.2, -0.15) is 4.31 Å². The highest BCUT2D eigenvalue weighted by Crippen LogP contribution is 2.24. The van der Waals surface area contributed by atoms with Gasteiger partial charge >= 0.3 is 0 Å². The third-order valence-electron chi connectivity index (χ3n) is 6.44. The number of likely N-dealkylation sites (tertiary alicyclic amines) is 1. The quantitative estimate of drug-likeness (QED) is 0.494. The number of aromatic nitrogens is 1. The molecular formula is C26H32N4O4S. The Morgan fingerprint density at radius 2 is 1.77 bits per heavy atom. The summed E-state index contributed by atoms with van der Waals surface area (Å²) >= 11 is 0. The first kappa shape index (κ1) is 25.1. The summed E-state index contributed by atoms with van der Waals surface area (Å²) in [4.78, 5) is 30.7. The van der Waals surface area contributed by atoms with Crippen LogP contribution in [0.5, 0.6) is 0 Å². The minimum Gasteiger partial charge on any atom is -0.322 e. The lowest BCUT2D eigenvalue weighted by Gasteiger charge is -2.26. The zero-order valence-electron chi connectivity index (χ0n) is 20.2. The van der Waals surface area contributed by atoms with E-state index in [0.29, 0.717) is 29.7 Å². The molecule has 0 unspecified atom stereocenters. The first-order valence-corrected chi connectivity index (χ1v) is 13.6. The smallest absolute Gasteiger partial charge is 0.256 e. The highest BCUT2D eigenvalue weighted by molar-refractivity contribution is 7.89. The molecule has 9 heteroatoms. The second-order valence-corrected chi connectivity index (χ2v) is 10.8. The summed E-state index contributed by atoms with van der Waals surface area (Å²) in [6.45, 7) is 7.20. The van der Waals surface area contributed by atoms with Gasteiger partial charge in [0.15, 0.2) is 0 Å². The Kier molecular flexibility index (Phi) is 7.69. The number of pyridine rings is 1. The summed E-state index contributed by atoms with van der Waals surface area (Å²) in [5.74, 6) is -0.464. The highest BCUT2D eigenvalue weighted by atomic mass is 32.2. The SMILES string of the molecule is CCN(CC)S(=O)(=O)c1ccc2[nH]c(=O)cc(C(=O)Nc3cccc(CN4CCCCC4)c3)c2c1. The lowest BCUT2D eigenvalue weighted by atomic mass is 10.1. The molecule has 1 aromatic heterocycles. The Morgan fingerprint density at radius 3 is 2.49 bits per heavy atom. The van der Waals surface area contributed by atoms with Crippen molar-refractivity contribution in [2.75, 3.05) is 31.5 Å². The standard InChI is InChI=1S/C26H32N4O4S/c1-3-30(4-2)35(33,34)21-11-12-24-22(16-21)23(17-25(31)28-24)26(32)27-20-10-8-9-19(15-20)18-29-13-6-5-7-14-29/h8-12,15-17H,3-7,13-14,18H2,1-2H3,(H,27,32)(H,28,31). The lowest BCUT2D eigenvalue weighted by Crippen LogP contribution is -2.30. The number of carbonyl (C=O) groups is 1. The lowest BCUT2D eigenvalue weighted by molar-refractivity contribution is 0.102. The zero-order valence-corrected chi connectivity index (χ0v) is 21.0. The number of aromatic amines is 1. The topological polar surface area (TPSA) is 103 Å². The fourth-order valence-corrected chi connectivity index (χ4v) is 6.10. The van der Waals surface area contributed by atoms with Gasteiger partial charge in [0.25, 0.3) is 5.91 Å². The predicted octanol–water partition coefficient (Wildman–Crippen LogP) is 3.80. The number of benzene rings is 2. The Bertz CT molecular complexity index is 1370. The molecule has 35 heavy (non-hydrogen) atoms. The Hall–Kier alpha value is -3.01. The van der Waals surface area contributed by atoms with E-state index in [-0.39, 0.29) is 10.5 Å². The van der Waals surface area contributed by atoms with Crippen LogP contribution in [-0.4, -0.2) is 54.7 Å². The molecule has 2 aromatic carbocycles. The second kappa shape index (κ2) is 10.7. The average Bonchev–Trinajstić information content (AvgIpc) is 2.84. The van der Waals surface area contributed by atoms with Crippen molar-refractivity contribution >= 4 is 32.5 Å². The number of amides is 1. The monoisotopic (exact) mass is 496 g/mol. The van der Waals surface area contributed by atoms with Crippen molar-refractivity contribution in [1.29, 1.82) is 0 Å². The van der Waals surface area contributed by atoms with E-state index in [1.807, 2.05) is 24.3 Å². The molecule has 4 rings (SSSR count). The summed E-state index contributed by atoms with van der Waals surface area (Å²) in [5.41, 5.74) is 1.83. The molecule has 186 valence electrons. The number of piperidine rings is 1. The Morgan fingerprint density at radius 1 is 1.03 bits per heavy atom. The van der Waals surface area contributed by atoms with Crippen LogP contribution in [0, 0.1) is 0 Å². The first-order chi connectivity index (χ1) is 16.8. The van der Waals surface area contributed by atoms with Gasteiger partial charge in [0, 0.05) is 42.3 Å². The van der Waals surface area contributed by atoms with E-state index in [9.17, 15) is 18.0 Å². The third-order valence-corrected chi connectivity index (χ3v) is 8.49. The van der Waals surface area contributed by atoms with Gasteiger partial charge in [-0.3, -0.25) is 14.5 Å². The summed E-state index contributed by atoms with van der Waals surface area (Å²) < 4.78 is 27.4. The van der Waals surface area contributed by atoms with E-state index in [1.165, 1.54) is 47.8 Å². The number of hydrogen-bond donors (Lipinski definition) is 2. The Labute approximate surface area is 206 Å². The van der Waals surface area contributed by atoms with Crippen LogP contribution in [0.3, 0.4) is 0 Å². The minimum atomic E-state index is -3.72. The fraction of sp³-hybridized carbons (Fsp3) is 0.385. The summed E-state index contributed by atoms with van der Waals surface area (Å²) in [5, 5.41) is 3.26. The molecule has 0 saturated carbocycles. The molecule has 0 atom stereocenters. The van der Waals surface area contributed by atoms with Crippen molar-refractivity contribution in [2.24, 2.45) is 0 Å². The molecule has 2 N–H and O–H groups in total. The van der Waals surface area contributed by atoms with Crippen molar-refractivity contribution in [3.05, 3.63) is 70.0 Å². The molecule has 1 saturated heterocycles. The van der Waals surface area contributed by atoms with E-state index in [1.54, 1.807) is 13.8 Å². The van der Waals surface area contributed by atoms with Crippen LogP contribution in [0.4, 0.5) is 5.69 Å². The van der Waals surface area contributed by atoms with Crippen LogP contribution < -0.4 is 10.9 Å². The molecule has 1 aliphatic heterocycles. The van der Waals surface area contributed by atoms with Crippen LogP contribution in [0.25, 0.3) is 10.9 Å². The molecule has 1 fully saturated rings. The third kappa shape index (κ3) is 5.63. The summed E-state index contributed by atoms with van der Waals surface area (Å²) in [6, 6.07) is 13.3. The van der Waals surface area contributed by atoms with Crippen LogP contribution in [0.15, 0.2) is 58.2 Å². The van der Waals surface area contributed by atoms with E-state index < -0.39 is 21.5 Å². The van der Waals surface area contributed by atoms with Gasteiger partial charge in [-0.25, -0.2) is 8.42 Å². The zero-order chi connectivity index (χ0) is 25.0. The number of sulfonamides is 1. The van der Waals surface area contributed by atoms with Crippen LogP contribution in [0.1, 0.15) is 49.0 Å². The van der Waals surface area contributed by atoms with Gasteiger partial charge in [-0.15, -0.1) is 0 Å². The fourth-order valence-electron chi connectivity index (χ4n) is 4.62. The molecule has 1 amide bonds. The number of fused-ring (bicyclic) bond motifs is 1. The van der Waals surface area contributed by atoms with Gasteiger partial charge in [0.05, 0.1) is 10.5 Å². The number of anilines is 1. The van der Waals surface area contributed by atoms with E-state index in [4.69, 9.17) is 0 Å². The minimum absolute atomic E-state index is 0.0818. The molecule has 8 nitrogen and oxygen atoms in total. The number of hydrogen-bond acceptors (Lipinski definition) is 5. The van der Waals surface area contributed by atoms with Crippen LogP contribution in [-0.2, 0) is 16.6 Å². The van der Waals surface area contributed by atoms with Gasteiger partial charge in [0.2, 0.25) is 15.6 Å². The normalized spacial score (nSPS) is 14.9.